The molecule has 0 bridgehead atoms. The molecule has 0 aliphatic heterocycles. The Bertz CT molecular complexity index is 182. The van der Waals surface area contributed by atoms with Crippen LogP contribution in [-0.2, 0) is 23.8 Å². The van der Waals surface area contributed by atoms with E-state index < -0.39 is 18.0 Å². The summed E-state index contributed by atoms with van der Waals surface area (Å²) in [4.78, 5) is 22.6. The molecule has 0 saturated heterocycles. The highest BCUT2D eigenvalue weighted by atomic mass is 16.6. The molecule has 0 saturated carbocycles. The van der Waals surface area contributed by atoms with Crippen molar-refractivity contribution in [2.45, 2.75) is 32.8 Å². The van der Waals surface area contributed by atoms with Gasteiger partial charge in [0, 0.05) is 7.11 Å². The standard InChI is InChI=1S/C10H18O5/c1-4-6-14-9(11)8(13-3)10(12)15-7-5-2/h8H,4-7H2,1-3H3. The fourth-order valence-electron chi connectivity index (χ4n) is 0.845. The van der Waals surface area contributed by atoms with E-state index in [0.29, 0.717) is 12.8 Å². The lowest BCUT2D eigenvalue weighted by molar-refractivity contribution is -0.171. The number of hydrogen-bond donors (Lipinski definition) is 0. The van der Waals surface area contributed by atoms with E-state index in [9.17, 15) is 9.59 Å². The summed E-state index contributed by atoms with van der Waals surface area (Å²) in [7, 11) is 1.27. The Hall–Kier alpha value is -1.10. The van der Waals surface area contributed by atoms with Crippen LogP contribution in [-0.4, -0.2) is 38.4 Å². The SMILES string of the molecule is CCCOC(=O)C(OC)C(=O)OCCC. The minimum atomic E-state index is -1.26. The molecule has 0 rings (SSSR count). The van der Waals surface area contributed by atoms with Gasteiger partial charge in [0.2, 0.25) is 0 Å². The Morgan fingerprint density at radius 2 is 1.40 bits per heavy atom. The quantitative estimate of drug-likeness (QED) is 0.469. The van der Waals surface area contributed by atoms with Crippen LogP contribution in [0.2, 0.25) is 0 Å². The maximum absolute atomic E-state index is 11.3. The highest BCUT2D eigenvalue weighted by Crippen LogP contribution is 1.99. The number of hydrogen-bond acceptors (Lipinski definition) is 5. The topological polar surface area (TPSA) is 61.8 Å². The van der Waals surface area contributed by atoms with Crippen LogP contribution in [0.5, 0.6) is 0 Å². The first kappa shape index (κ1) is 13.9. The molecule has 0 aliphatic rings. The first-order valence-corrected chi connectivity index (χ1v) is 5.03. The molecule has 0 aliphatic carbocycles. The zero-order chi connectivity index (χ0) is 11.7. The van der Waals surface area contributed by atoms with E-state index in [-0.39, 0.29) is 13.2 Å². The van der Waals surface area contributed by atoms with Crippen LogP contribution in [0.25, 0.3) is 0 Å². The van der Waals surface area contributed by atoms with Gasteiger partial charge < -0.3 is 14.2 Å². The summed E-state index contributed by atoms with van der Waals surface area (Å²) >= 11 is 0. The largest absolute Gasteiger partial charge is 0.463 e. The Labute approximate surface area is 89.7 Å². The maximum atomic E-state index is 11.3. The number of esters is 2. The zero-order valence-electron chi connectivity index (χ0n) is 9.45. The Morgan fingerprint density at radius 1 is 1.00 bits per heavy atom. The second-order valence-electron chi connectivity index (χ2n) is 2.95. The zero-order valence-corrected chi connectivity index (χ0v) is 9.45. The van der Waals surface area contributed by atoms with Gasteiger partial charge in [-0.05, 0) is 12.8 Å². The summed E-state index contributed by atoms with van der Waals surface area (Å²) in [5.41, 5.74) is 0. The first-order chi connectivity index (χ1) is 7.17. The molecule has 0 heterocycles. The van der Waals surface area contributed by atoms with E-state index in [0.717, 1.165) is 0 Å². The molecule has 0 atom stereocenters. The number of methoxy groups -OCH3 is 1. The predicted octanol–water partition coefficient (Wildman–Crippen LogP) is 0.908. The second-order valence-corrected chi connectivity index (χ2v) is 2.95. The molecular formula is C10H18O5. The molecule has 0 N–H and O–H groups in total. The number of ether oxygens (including phenoxy) is 3. The lowest BCUT2D eigenvalue weighted by atomic mass is 10.3. The van der Waals surface area contributed by atoms with Gasteiger partial charge in [0.05, 0.1) is 13.2 Å². The van der Waals surface area contributed by atoms with E-state index in [1.54, 1.807) is 0 Å². The van der Waals surface area contributed by atoms with Crippen LogP contribution in [0.1, 0.15) is 26.7 Å². The molecule has 0 aromatic heterocycles. The third-order valence-corrected chi connectivity index (χ3v) is 1.56. The van der Waals surface area contributed by atoms with E-state index in [4.69, 9.17) is 14.2 Å². The van der Waals surface area contributed by atoms with Crippen LogP contribution < -0.4 is 0 Å². The molecule has 5 heteroatoms. The molecule has 0 spiro atoms. The fourth-order valence-corrected chi connectivity index (χ4v) is 0.845. The van der Waals surface area contributed by atoms with Crippen LogP contribution >= 0.6 is 0 Å². The molecule has 0 unspecified atom stereocenters. The van der Waals surface area contributed by atoms with Gasteiger partial charge in [-0.15, -0.1) is 0 Å². The highest BCUT2D eigenvalue weighted by Gasteiger charge is 2.29. The van der Waals surface area contributed by atoms with Gasteiger partial charge in [-0.3, -0.25) is 0 Å². The van der Waals surface area contributed by atoms with Gasteiger partial charge in [-0.2, -0.15) is 0 Å². The molecule has 0 aromatic carbocycles. The molecule has 15 heavy (non-hydrogen) atoms. The molecule has 0 amide bonds. The summed E-state index contributed by atoms with van der Waals surface area (Å²) in [6.07, 6.45) is 0.140. The Kier molecular flexibility index (Phi) is 7.62. The lowest BCUT2D eigenvalue weighted by Gasteiger charge is -2.12. The highest BCUT2D eigenvalue weighted by molar-refractivity contribution is 5.98. The second kappa shape index (κ2) is 8.23. The normalized spacial score (nSPS) is 10.1. The summed E-state index contributed by atoms with van der Waals surface area (Å²) in [6, 6.07) is 0. The predicted molar refractivity (Wildman–Crippen MR) is 53.3 cm³/mol. The number of rotatable bonds is 7. The van der Waals surface area contributed by atoms with Gasteiger partial charge in [0.1, 0.15) is 0 Å². The lowest BCUT2D eigenvalue weighted by Crippen LogP contribution is -2.35. The average Bonchev–Trinajstić information content (AvgIpc) is 2.24. The molecule has 0 fully saturated rings. The Balaban J connectivity index is 4.09. The third-order valence-electron chi connectivity index (χ3n) is 1.56. The minimum Gasteiger partial charge on any atom is -0.463 e. The van der Waals surface area contributed by atoms with E-state index in [1.165, 1.54) is 7.11 Å². The minimum absolute atomic E-state index is 0.278. The fraction of sp³-hybridized carbons (Fsp3) is 0.800. The van der Waals surface area contributed by atoms with Gasteiger partial charge in [0.25, 0.3) is 6.10 Å². The molecule has 88 valence electrons. The number of carbonyl (C=O) groups excluding carboxylic acids is 2. The monoisotopic (exact) mass is 218 g/mol. The van der Waals surface area contributed by atoms with Crippen molar-refractivity contribution in [2.24, 2.45) is 0 Å². The van der Waals surface area contributed by atoms with Crippen molar-refractivity contribution in [2.75, 3.05) is 20.3 Å². The van der Waals surface area contributed by atoms with Crippen molar-refractivity contribution in [3.05, 3.63) is 0 Å². The summed E-state index contributed by atoms with van der Waals surface area (Å²) < 4.78 is 14.3. The van der Waals surface area contributed by atoms with Crippen molar-refractivity contribution in [3.8, 4) is 0 Å². The molecule has 5 nitrogen and oxygen atoms in total. The average molecular weight is 218 g/mol. The summed E-state index contributed by atoms with van der Waals surface area (Å²) in [6.45, 7) is 4.29. The molecular weight excluding hydrogens is 200 g/mol. The maximum Gasteiger partial charge on any atom is 0.347 e. The van der Waals surface area contributed by atoms with Crippen LogP contribution in [0, 0.1) is 0 Å². The van der Waals surface area contributed by atoms with Gasteiger partial charge >= 0.3 is 11.9 Å². The van der Waals surface area contributed by atoms with Gasteiger partial charge in [-0.1, -0.05) is 13.8 Å². The smallest absolute Gasteiger partial charge is 0.347 e. The molecule has 0 aromatic rings. The van der Waals surface area contributed by atoms with Gasteiger partial charge in [-0.25, -0.2) is 9.59 Å². The molecule has 0 radical (unpaired) electrons. The van der Waals surface area contributed by atoms with E-state index in [2.05, 4.69) is 0 Å². The van der Waals surface area contributed by atoms with Gasteiger partial charge in [0.15, 0.2) is 0 Å². The van der Waals surface area contributed by atoms with Crippen molar-refractivity contribution >= 4 is 11.9 Å². The van der Waals surface area contributed by atoms with Crippen molar-refractivity contribution < 1.29 is 23.8 Å². The third kappa shape index (κ3) is 5.37. The van der Waals surface area contributed by atoms with Crippen molar-refractivity contribution in [1.29, 1.82) is 0 Å². The Morgan fingerprint density at radius 3 is 1.67 bits per heavy atom. The van der Waals surface area contributed by atoms with Crippen LogP contribution in [0.4, 0.5) is 0 Å². The number of carbonyl (C=O) groups is 2. The van der Waals surface area contributed by atoms with E-state index in [1.807, 2.05) is 13.8 Å². The van der Waals surface area contributed by atoms with Crippen molar-refractivity contribution in [1.82, 2.24) is 0 Å². The summed E-state index contributed by atoms with van der Waals surface area (Å²) in [5, 5.41) is 0. The summed E-state index contributed by atoms with van der Waals surface area (Å²) in [5.74, 6) is -1.39. The van der Waals surface area contributed by atoms with Crippen LogP contribution in [0.3, 0.4) is 0 Å². The van der Waals surface area contributed by atoms with Crippen LogP contribution in [0.15, 0.2) is 0 Å². The van der Waals surface area contributed by atoms with Crippen molar-refractivity contribution in [3.63, 3.8) is 0 Å². The first-order valence-electron chi connectivity index (χ1n) is 5.03. The van der Waals surface area contributed by atoms with E-state index >= 15 is 0 Å².